The monoisotopic (exact) mass is 320 g/mol. The number of hydrogen-bond acceptors (Lipinski definition) is 3. The minimum atomic E-state index is -0.0884. The van der Waals surface area contributed by atoms with Gasteiger partial charge >= 0.3 is 0 Å². The Morgan fingerprint density at radius 3 is 2.77 bits per heavy atom. The lowest BCUT2D eigenvalue weighted by molar-refractivity contribution is 0.0925. The first-order valence-corrected chi connectivity index (χ1v) is 7.36. The first-order chi connectivity index (χ1) is 10.2. The van der Waals surface area contributed by atoms with Crippen LogP contribution in [0, 0.1) is 6.92 Å². The minimum absolute atomic E-state index is 0. The fourth-order valence-corrected chi connectivity index (χ4v) is 2.55. The summed E-state index contributed by atoms with van der Waals surface area (Å²) in [7, 11) is 0. The van der Waals surface area contributed by atoms with Gasteiger partial charge in [-0.25, -0.2) is 0 Å². The Bertz CT molecular complexity index is 617. The number of aromatic nitrogens is 2. The third kappa shape index (κ3) is 3.87. The van der Waals surface area contributed by atoms with Crippen LogP contribution in [0.4, 0.5) is 0 Å². The highest BCUT2D eigenvalue weighted by atomic mass is 35.5. The van der Waals surface area contributed by atoms with Crippen LogP contribution in [0.5, 0.6) is 0 Å². The summed E-state index contributed by atoms with van der Waals surface area (Å²) in [6.45, 7) is 3.92. The SMILES string of the molecule is Cc1ccc(-c2cc(C(=O)NC3CCCNC3)[nH]n2)cc1.Cl. The van der Waals surface area contributed by atoms with Gasteiger partial charge in [-0.05, 0) is 32.4 Å². The first-order valence-electron chi connectivity index (χ1n) is 7.36. The van der Waals surface area contributed by atoms with Crippen molar-refractivity contribution in [3.63, 3.8) is 0 Å². The highest BCUT2D eigenvalue weighted by molar-refractivity contribution is 5.93. The molecule has 1 aliphatic rings. The van der Waals surface area contributed by atoms with E-state index in [4.69, 9.17) is 0 Å². The second-order valence-corrected chi connectivity index (χ2v) is 5.55. The van der Waals surface area contributed by atoms with Gasteiger partial charge in [0.25, 0.3) is 5.91 Å². The van der Waals surface area contributed by atoms with E-state index in [0.29, 0.717) is 5.69 Å². The Labute approximate surface area is 136 Å². The van der Waals surface area contributed by atoms with E-state index in [1.807, 2.05) is 31.2 Å². The summed E-state index contributed by atoms with van der Waals surface area (Å²) >= 11 is 0. The average Bonchev–Trinajstić information content (AvgIpc) is 2.99. The molecular formula is C16H21ClN4O. The summed E-state index contributed by atoms with van der Waals surface area (Å²) in [4.78, 5) is 12.2. The first kappa shape index (κ1) is 16.5. The number of benzene rings is 1. The third-order valence-electron chi connectivity index (χ3n) is 3.80. The van der Waals surface area contributed by atoms with Crippen LogP contribution < -0.4 is 10.6 Å². The number of hydrogen-bond donors (Lipinski definition) is 3. The van der Waals surface area contributed by atoms with E-state index < -0.39 is 0 Å². The Morgan fingerprint density at radius 2 is 2.09 bits per heavy atom. The average molecular weight is 321 g/mol. The van der Waals surface area contributed by atoms with Gasteiger partial charge in [-0.2, -0.15) is 5.10 Å². The summed E-state index contributed by atoms with van der Waals surface area (Å²) < 4.78 is 0. The van der Waals surface area contributed by atoms with E-state index >= 15 is 0 Å². The van der Waals surface area contributed by atoms with Crippen LogP contribution in [0.1, 0.15) is 28.9 Å². The van der Waals surface area contributed by atoms with Crippen molar-refractivity contribution in [2.45, 2.75) is 25.8 Å². The molecule has 1 amide bonds. The fraction of sp³-hybridized carbons (Fsp3) is 0.375. The predicted octanol–water partition coefficient (Wildman–Crippen LogP) is 2.29. The number of amides is 1. The van der Waals surface area contributed by atoms with Crippen molar-refractivity contribution in [3.05, 3.63) is 41.6 Å². The molecule has 2 aromatic rings. The summed E-state index contributed by atoms with van der Waals surface area (Å²) in [5.74, 6) is -0.0884. The number of piperidine rings is 1. The quantitative estimate of drug-likeness (QED) is 0.812. The van der Waals surface area contributed by atoms with Gasteiger partial charge in [0, 0.05) is 18.2 Å². The van der Waals surface area contributed by atoms with Crippen LogP contribution in [0.25, 0.3) is 11.3 Å². The van der Waals surface area contributed by atoms with Gasteiger partial charge in [-0.15, -0.1) is 12.4 Å². The minimum Gasteiger partial charge on any atom is -0.347 e. The molecule has 5 nitrogen and oxygen atoms in total. The Kier molecular flexibility index (Phi) is 5.57. The topological polar surface area (TPSA) is 69.8 Å². The molecule has 0 radical (unpaired) electrons. The van der Waals surface area contributed by atoms with Crippen LogP contribution >= 0.6 is 12.4 Å². The van der Waals surface area contributed by atoms with Gasteiger partial charge in [0.15, 0.2) is 0 Å². The fourth-order valence-electron chi connectivity index (χ4n) is 2.55. The van der Waals surface area contributed by atoms with Crippen molar-refractivity contribution in [3.8, 4) is 11.3 Å². The van der Waals surface area contributed by atoms with Gasteiger partial charge in [-0.1, -0.05) is 29.8 Å². The summed E-state index contributed by atoms with van der Waals surface area (Å²) in [6, 6.07) is 10.1. The molecule has 3 N–H and O–H groups in total. The molecule has 2 heterocycles. The van der Waals surface area contributed by atoms with E-state index in [0.717, 1.165) is 37.2 Å². The van der Waals surface area contributed by atoms with Crippen LogP contribution in [0.2, 0.25) is 0 Å². The molecule has 1 aromatic carbocycles. The molecular weight excluding hydrogens is 300 g/mol. The molecule has 1 aliphatic heterocycles. The molecule has 118 valence electrons. The van der Waals surface area contributed by atoms with Crippen molar-refractivity contribution < 1.29 is 4.79 Å². The Hall–Kier alpha value is -1.85. The number of aryl methyl sites for hydroxylation is 1. The van der Waals surface area contributed by atoms with E-state index in [1.54, 1.807) is 6.07 Å². The van der Waals surface area contributed by atoms with Crippen molar-refractivity contribution in [1.29, 1.82) is 0 Å². The van der Waals surface area contributed by atoms with Crippen LogP contribution in [0.15, 0.2) is 30.3 Å². The largest absolute Gasteiger partial charge is 0.347 e. The van der Waals surface area contributed by atoms with E-state index in [1.165, 1.54) is 5.56 Å². The molecule has 3 rings (SSSR count). The summed E-state index contributed by atoms with van der Waals surface area (Å²) in [5.41, 5.74) is 3.52. The molecule has 1 fully saturated rings. The maximum atomic E-state index is 12.2. The number of nitrogens with zero attached hydrogens (tertiary/aromatic N) is 1. The van der Waals surface area contributed by atoms with Crippen LogP contribution in [-0.2, 0) is 0 Å². The van der Waals surface area contributed by atoms with Gasteiger partial charge in [0.1, 0.15) is 5.69 Å². The molecule has 0 saturated carbocycles. The normalized spacial score (nSPS) is 17.6. The lowest BCUT2D eigenvalue weighted by Crippen LogP contribution is -2.45. The Morgan fingerprint density at radius 1 is 1.32 bits per heavy atom. The Balaban J connectivity index is 0.00000176. The number of nitrogens with one attached hydrogen (secondary N) is 3. The number of carbonyl (C=O) groups excluding carboxylic acids is 1. The summed E-state index contributed by atoms with van der Waals surface area (Å²) in [6.07, 6.45) is 2.13. The zero-order chi connectivity index (χ0) is 14.7. The molecule has 1 unspecified atom stereocenters. The molecule has 1 saturated heterocycles. The molecule has 0 bridgehead atoms. The number of aromatic amines is 1. The van der Waals surface area contributed by atoms with Crippen molar-refractivity contribution in [1.82, 2.24) is 20.8 Å². The molecule has 0 spiro atoms. The third-order valence-corrected chi connectivity index (χ3v) is 3.80. The predicted molar refractivity (Wildman–Crippen MR) is 89.4 cm³/mol. The molecule has 6 heteroatoms. The second-order valence-electron chi connectivity index (χ2n) is 5.55. The molecule has 0 aliphatic carbocycles. The highest BCUT2D eigenvalue weighted by Crippen LogP contribution is 2.18. The standard InChI is InChI=1S/C16H20N4O.ClH/c1-11-4-6-12(7-5-11)14-9-15(20-19-14)16(21)18-13-3-2-8-17-10-13;/h4-7,9,13,17H,2-3,8,10H2,1H3,(H,18,21)(H,19,20);1H. The van der Waals surface area contributed by atoms with Crippen LogP contribution in [0.3, 0.4) is 0 Å². The zero-order valence-electron chi connectivity index (χ0n) is 12.6. The number of carbonyl (C=O) groups is 1. The van der Waals surface area contributed by atoms with Gasteiger partial charge < -0.3 is 10.6 Å². The molecule has 22 heavy (non-hydrogen) atoms. The highest BCUT2D eigenvalue weighted by Gasteiger charge is 2.18. The zero-order valence-corrected chi connectivity index (χ0v) is 13.4. The number of rotatable bonds is 3. The number of H-pyrrole nitrogens is 1. The summed E-state index contributed by atoms with van der Waals surface area (Å²) in [5, 5.41) is 13.4. The number of halogens is 1. The molecule has 1 atom stereocenters. The van der Waals surface area contributed by atoms with Crippen molar-refractivity contribution in [2.75, 3.05) is 13.1 Å². The smallest absolute Gasteiger partial charge is 0.269 e. The van der Waals surface area contributed by atoms with E-state index in [-0.39, 0.29) is 24.4 Å². The lowest BCUT2D eigenvalue weighted by atomic mass is 10.1. The maximum absolute atomic E-state index is 12.2. The van der Waals surface area contributed by atoms with Crippen molar-refractivity contribution in [2.24, 2.45) is 0 Å². The maximum Gasteiger partial charge on any atom is 0.269 e. The van der Waals surface area contributed by atoms with Crippen molar-refractivity contribution >= 4 is 18.3 Å². The van der Waals surface area contributed by atoms with E-state index in [2.05, 4.69) is 20.8 Å². The van der Waals surface area contributed by atoms with E-state index in [9.17, 15) is 4.79 Å². The second kappa shape index (κ2) is 7.42. The molecule has 1 aromatic heterocycles. The van der Waals surface area contributed by atoms with Gasteiger partial charge in [-0.3, -0.25) is 9.89 Å². The van der Waals surface area contributed by atoms with Gasteiger partial charge in [0.2, 0.25) is 0 Å². The van der Waals surface area contributed by atoms with Gasteiger partial charge in [0.05, 0.1) is 5.69 Å². The lowest BCUT2D eigenvalue weighted by Gasteiger charge is -2.23. The van der Waals surface area contributed by atoms with Crippen LogP contribution in [-0.4, -0.2) is 35.2 Å².